The Balaban J connectivity index is 0.000000211. The molecule has 6 nitrogen and oxygen atoms in total. The van der Waals surface area contributed by atoms with Crippen molar-refractivity contribution in [1.29, 1.82) is 0 Å². The second kappa shape index (κ2) is 20.0. The number of amides is 1. The van der Waals surface area contributed by atoms with Gasteiger partial charge in [-0.15, -0.1) is 22.7 Å². The number of para-hydroxylation sites is 1. The van der Waals surface area contributed by atoms with E-state index in [1.54, 1.807) is 41.7 Å². The number of aromatic nitrogens is 2. The molecule has 7 aromatic rings. The van der Waals surface area contributed by atoms with Crippen LogP contribution in [0.2, 0.25) is 0 Å². The van der Waals surface area contributed by atoms with E-state index >= 15 is 0 Å². The molecule has 270 valence electrons. The molecule has 2 heterocycles. The van der Waals surface area contributed by atoms with Gasteiger partial charge in [0.1, 0.15) is 21.6 Å². The van der Waals surface area contributed by atoms with Crippen molar-refractivity contribution in [2.24, 2.45) is 0 Å². The van der Waals surface area contributed by atoms with Crippen LogP contribution in [0.4, 0.5) is 20.2 Å². The lowest BCUT2D eigenvalue weighted by Gasteiger charge is -2.10. The number of hydrogen-bond acceptors (Lipinski definition) is 7. The number of carbonyl (C=O) groups is 1. The number of nitrogens with zero attached hydrogens (tertiary/aromatic N) is 2. The quantitative estimate of drug-likeness (QED) is 0.144. The van der Waals surface area contributed by atoms with Gasteiger partial charge in [0.2, 0.25) is 0 Å². The van der Waals surface area contributed by atoms with E-state index in [0.29, 0.717) is 17.7 Å². The first-order valence-electron chi connectivity index (χ1n) is 17.3. The van der Waals surface area contributed by atoms with Gasteiger partial charge in [-0.3, -0.25) is 9.18 Å². The van der Waals surface area contributed by atoms with Crippen molar-refractivity contribution in [1.82, 2.24) is 9.97 Å². The van der Waals surface area contributed by atoms with Gasteiger partial charge in [0.25, 0.3) is 5.91 Å². The summed E-state index contributed by atoms with van der Waals surface area (Å²) < 4.78 is 27.5. The van der Waals surface area contributed by atoms with Crippen LogP contribution in [0.3, 0.4) is 0 Å². The van der Waals surface area contributed by atoms with Gasteiger partial charge in [-0.05, 0) is 115 Å². The average Bonchev–Trinajstić information content (AvgIpc) is 3.80. The normalized spacial score (nSPS) is 10.3. The number of benzene rings is 5. The lowest BCUT2D eigenvalue weighted by Crippen LogP contribution is -2.11. The Labute approximate surface area is 312 Å². The van der Waals surface area contributed by atoms with Gasteiger partial charge in [-0.25, -0.2) is 14.4 Å². The number of phenols is 1. The van der Waals surface area contributed by atoms with E-state index in [0.717, 1.165) is 54.5 Å². The minimum atomic E-state index is -0.380. The van der Waals surface area contributed by atoms with Crippen molar-refractivity contribution in [3.05, 3.63) is 126 Å². The fraction of sp³-hybridized carbons (Fsp3) is 0.214. The molecule has 0 unspecified atom stereocenters. The molecule has 0 saturated heterocycles. The summed E-state index contributed by atoms with van der Waals surface area (Å²) in [6, 6.07) is 32.2. The summed E-state index contributed by atoms with van der Waals surface area (Å²) in [4.78, 5) is 21.4. The first kappa shape index (κ1) is 39.6. The van der Waals surface area contributed by atoms with E-state index in [-0.39, 0.29) is 24.1 Å². The lowest BCUT2D eigenvalue weighted by atomic mass is 10.0. The molecule has 7 rings (SSSR count). The molecule has 3 N–H and O–H groups in total. The zero-order chi connectivity index (χ0) is 37.5. The first-order chi connectivity index (χ1) is 25.3. The second-order valence-corrected chi connectivity index (χ2v) is 13.4. The summed E-state index contributed by atoms with van der Waals surface area (Å²) in [5, 5.41) is 17.4. The van der Waals surface area contributed by atoms with Gasteiger partial charge < -0.3 is 15.7 Å². The molecule has 2 aromatic heterocycles. The molecule has 52 heavy (non-hydrogen) atoms. The number of thiazole rings is 2. The Morgan fingerprint density at radius 1 is 0.769 bits per heavy atom. The topological polar surface area (TPSA) is 87.1 Å². The molecule has 0 aliphatic heterocycles. The third-order valence-corrected chi connectivity index (χ3v) is 9.52. The number of aryl methyl sites for hydroxylation is 1. The maximum absolute atomic E-state index is 12.9. The molecular weight excluding hydrogens is 695 g/mol. The third kappa shape index (κ3) is 10.7. The largest absolute Gasteiger partial charge is 0.508 e. The number of fused-ring (bicyclic) bond motifs is 2. The number of carbonyl (C=O) groups excluding carboxylic acids is 1. The molecule has 0 fully saturated rings. The zero-order valence-electron chi connectivity index (χ0n) is 30.0. The fourth-order valence-corrected chi connectivity index (χ4v) is 6.93. The van der Waals surface area contributed by atoms with Crippen molar-refractivity contribution in [3.63, 3.8) is 0 Å². The van der Waals surface area contributed by atoms with Crippen LogP contribution in [-0.2, 0) is 6.42 Å². The van der Waals surface area contributed by atoms with E-state index < -0.39 is 0 Å². The summed E-state index contributed by atoms with van der Waals surface area (Å²) in [6.07, 6.45) is 2.55. The zero-order valence-corrected chi connectivity index (χ0v) is 31.7. The molecule has 10 heteroatoms. The molecular formula is C42H44F2N4O2S2. The highest BCUT2D eigenvalue weighted by Gasteiger charge is 2.11. The van der Waals surface area contributed by atoms with Gasteiger partial charge in [0.05, 0.1) is 27.1 Å². The number of hydrogen-bond donors (Lipinski definition) is 3. The monoisotopic (exact) mass is 738 g/mol. The smallest absolute Gasteiger partial charge is 0.255 e. The highest BCUT2D eigenvalue weighted by molar-refractivity contribution is 7.22. The van der Waals surface area contributed by atoms with Crippen LogP contribution >= 0.6 is 22.7 Å². The van der Waals surface area contributed by atoms with Crippen molar-refractivity contribution in [2.45, 2.75) is 47.0 Å². The number of nitrogens with one attached hydrogen (secondary N) is 2. The first-order valence-corrected chi connectivity index (χ1v) is 18.9. The van der Waals surface area contributed by atoms with Crippen LogP contribution in [0, 0.1) is 5.82 Å². The van der Waals surface area contributed by atoms with Crippen LogP contribution in [0.5, 0.6) is 5.75 Å². The van der Waals surface area contributed by atoms with Crippen LogP contribution < -0.4 is 10.6 Å². The lowest BCUT2D eigenvalue weighted by molar-refractivity contribution is 0.102. The summed E-state index contributed by atoms with van der Waals surface area (Å²) in [7, 11) is 1.89. The van der Waals surface area contributed by atoms with Crippen LogP contribution in [0.25, 0.3) is 41.6 Å². The number of anilines is 2. The van der Waals surface area contributed by atoms with Crippen LogP contribution in [0.15, 0.2) is 109 Å². The van der Waals surface area contributed by atoms with Gasteiger partial charge in [0.15, 0.2) is 0 Å². The fourth-order valence-electron chi connectivity index (χ4n) is 4.97. The number of phenolic OH excluding ortho intramolecular Hbond substituents is 1. The number of aromatic hydroxyl groups is 1. The third-order valence-electron chi connectivity index (χ3n) is 7.36. The van der Waals surface area contributed by atoms with Crippen molar-refractivity contribution >= 4 is 60.4 Å². The molecule has 1 amide bonds. The molecule has 0 atom stereocenters. The Hall–Kier alpha value is -5.19. The molecule has 0 radical (unpaired) electrons. The van der Waals surface area contributed by atoms with Crippen molar-refractivity contribution in [3.8, 4) is 26.9 Å². The summed E-state index contributed by atoms with van der Waals surface area (Å²) >= 11 is 3.18. The number of rotatable bonds is 8. The van der Waals surface area contributed by atoms with Gasteiger partial charge in [-0.2, -0.15) is 0 Å². The predicted octanol–water partition coefficient (Wildman–Crippen LogP) is 12.4. The second-order valence-electron chi connectivity index (χ2n) is 11.3. The highest BCUT2D eigenvalue weighted by atomic mass is 32.1. The highest BCUT2D eigenvalue weighted by Crippen LogP contribution is 2.34. The Morgan fingerprint density at radius 2 is 1.38 bits per heavy atom. The van der Waals surface area contributed by atoms with E-state index in [9.17, 15) is 18.7 Å². The molecule has 0 spiro atoms. The van der Waals surface area contributed by atoms with Gasteiger partial charge in [-0.1, -0.05) is 46.2 Å². The van der Waals surface area contributed by atoms with Crippen LogP contribution in [0.1, 0.15) is 56.5 Å². The molecule has 0 bridgehead atoms. The minimum Gasteiger partial charge on any atom is -0.508 e. The van der Waals surface area contributed by atoms with E-state index in [2.05, 4.69) is 58.7 Å². The van der Waals surface area contributed by atoms with Crippen LogP contribution in [-0.4, -0.2) is 34.7 Å². The van der Waals surface area contributed by atoms with Crippen molar-refractivity contribution in [2.75, 3.05) is 24.4 Å². The summed E-state index contributed by atoms with van der Waals surface area (Å²) in [5.74, 6) is -0.463. The number of halogens is 2. The summed E-state index contributed by atoms with van der Waals surface area (Å²) in [6.45, 7) is 7.97. The van der Waals surface area contributed by atoms with E-state index in [1.165, 1.54) is 46.7 Å². The minimum absolute atomic E-state index is 0.214. The maximum atomic E-state index is 12.9. The molecule has 0 aliphatic carbocycles. The predicted molar refractivity (Wildman–Crippen MR) is 217 cm³/mol. The molecule has 0 aliphatic rings. The standard InChI is InChI=1S/C20H13FN2O2S.C17H17FN2S.C3H8.C2H6/c21-14-5-1-12(2-6-14)19(25)22-15-7-3-13(4-8-15)20-23-17-10-9-16(24)11-18(17)26-20;1-19-14-9-8-13(11-12(14)5-4-10-18)17-20-15-6-2-3-7-16(15)21-17;1-3-2;1-2/h1-11,24H,(H,22,25);2-3,6-9,11,19H,4-5,10H2,1H3;3H2,1-2H3;1-2H3. The Bertz CT molecular complexity index is 2130. The maximum Gasteiger partial charge on any atom is 0.255 e. The van der Waals surface area contributed by atoms with Gasteiger partial charge >= 0.3 is 0 Å². The summed E-state index contributed by atoms with van der Waals surface area (Å²) in [5.41, 5.74) is 7.12. The van der Waals surface area contributed by atoms with E-state index in [1.807, 2.05) is 51.2 Å². The number of alkyl halides is 1. The van der Waals surface area contributed by atoms with Gasteiger partial charge in [0, 0.05) is 35.1 Å². The molecule has 5 aromatic carbocycles. The molecule has 0 saturated carbocycles. The SMILES string of the molecule is CC.CCC.CNc1ccc(-c2nc3ccccc3s2)cc1CCCF.O=C(Nc1ccc(-c2nc3ccc(O)cc3s2)cc1)c1ccc(F)cc1. The average molecular weight is 739 g/mol. The Morgan fingerprint density at radius 3 is 2.04 bits per heavy atom. The Kier molecular flexibility index (Phi) is 15.2. The van der Waals surface area contributed by atoms with Crippen molar-refractivity contribution < 1.29 is 18.7 Å². The van der Waals surface area contributed by atoms with E-state index in [4.69, 9.17) is 0 Å².